The first kappa shape index (κ1) is 18.3. The van der Waals surface area contributed by atoms with Gasteiger partial charge in [-0.15, -0.1) is 0 Å². The quantitative estimate of drug-likeness (QED) is 0.601. The lowest BCUT2D eigenvalue weighted by Gasteiger charge is -2.11. The zero-order valence-corrected chi connectivity index (χ0v) is 14.1. The lowest BCUT2D eigenvalue weighted by molar-refractivity contribution is -0.138. The SMILES string of the molecule is Cc1cc(NS(=O)(=O)c2ccc(NC(=O)NC(C)C(=O)O)cc2)no1. The Morgan fingerprint density at radius 1 is 1.24 bits per heavy atom. The number of carbonyl (C=O) groups excluding carboxylic acids is 1. The molecule has 1 aromatic carbocycles. The van der Waals surface area contributed by atoms with Crippen LogP contribution in [0.15, 0.2) is 39.8 Å². The molecule has 0 aliphatic carbocycles. The lowest BCUT2D eigenvalue weighted by Crippen LogP contribution is -2.40. The van der Waals surface area contributed by atoms with Gasteiger partial charge in [-0.1, -0.05) is 5.16 Å². The van der Waals surface area contributed by atoms with Gasteiger partial charge in [0.25, 0.3) is 10.0 Å². The van der Waals surface area contributed by atoms with Crippen LogP contribution in [0.5, 0.6) is 0 Å². The summed E-state index contributed by atoms with van der Waals surface area (Å²) >= 11 is 0. The number of aromatic nitrogens is 1. The minimum atomic E-state index is -3.85. The van der Waals surface area contributed by atoms with Crippen molar-refractivity contribution in [3.8, 4) is 0 Å². The zero-order valence-electron chi connectivity index (χ0n) is 13.3. The number of aliphatic carboxylic acids is 1. The third kappa shape index (κ3) is 4.94. The van der Waals surface area contributed by atoms with Crippen molar-refractivity contribution in [2.75, 3.05) is 10.0 Å². The fourth-order valence-corrected chi connectivity index (χ4v) is 2.74. The molecule has 0 spiro atoms. The summed E-state index contributed by atoms with van der Waals surface area (Å²) in [6.45, 7) is 2.94. The highest BCUT2D eigenvalue weighted by Gasteiger charge is 2.17. The van der Waals surface area contributed by atoms with Crippen LogP contribution in [0, 0.1) is 6.92 Å². The second-order valence-corrected chi connectivity index (χ2v) is 6.79. The zero-order chi connectivity index (χ0) is 18.6. The molecule has 1 unspecified atom stereocenters. The van der Waals surface area contributed by atoms with Gasteiger partial charge in [0.05, 0.1) is 4.90 Å². The largest absolute Gasteiger partial charge is 0.480 e. The van der Waals surface area contributed by atoms with Crippen molar-refractivity contribution in [3.05, 3.63) is 36.1 Å². The number of sulfonamides is 1. The summed E-state index contributed by atoms with van der Waals surface area (Å²) < 4.78 is 31.5. The van der Waals surface area contributed by atoms with Gasteiger partial charge in [-0.05, 0) is 38.1 Å². The number of hydrogen-bond donors (Lipinski definition) is 4. The van der Waals surface area contributed by atoms with Gasteiger partial charge in [0, 0.05) is 11.8 Å². The first-order valence-corrected chi connectivity index (χ1v) is 8.52. The summed E-state index contributed by atoms with van der Waals surface area (Å²) in [5.74, 6) is -0.661. The molecule has 1 aromatic heterocycles. The number of rotatable bonds is 6. The van der Waals surface area contributed by atoms with Crippen molar-refractivity contribution in [2.24, 2.45) is 0 Å². The smallest absolute Gasteiger partial charge is 0.325 e. The minimum Gasteiger partial charge on any atom is -0.480 e. The molecule has 2 aromatic rings. The van der Waals surface area contributed by atoms with E-state index in [-0.39, 0.29) is 10.7 Å². The Balaban J connectivity index is 2.03. The molecule has 1 heterocycles. The third-order valence-electron chi connectivity index (χ3n) is 3.01. The van der Waals surface area contributed by atoms with Crippen LogP contribution < -0.4 is 15.4 Å². The Morgan fingerprint density at radius 2 is 1.88 bits per heavy atom. The number of carboxylic acid groups (broad SMARTS) is 1. The monoisotopic (exact) mass is 368 g/mol. The molecule has 0 saturated heterocycles. The summed E-state index contributed by atoms with van der Waals surface area (Å²) in [6.07, 6.45) is 0. The highest BCUT2D eigenvalue weighted by molar-refractivity contribution is 7.92. The van der Waals surface area contributed by atoms with E-state index in [2.05, 4.69) is 20.5 Å². The maximum atomic E-state index is 12.2. The predicted octanol–water partition coefficient (Wildman–Crippen LogP) is 1.38. The van der Waals surface area contributed by atoms with Crippen LogP contribution in [-0.2, 0) is 14.8 Å². The number of urea groups is 1. The van der Waals surface area contributed by atoms with Gasteiger partial charge in [-0.25, -0.2) is 13.2 Å². The number of nitrogens with one attached hydrogen (secondary N) is 3. The number of carboxylic acids is 1. The molecule has 134 valence electrons. The average Bonchev–Trinajstić information content (AvgIpc) is 2.91. The summed E-state index contributed by atoms with van der Waals surface area (Å²) in [4.78, 5) is 22.2. The van der Waals surface area contributed by atoms with E-state index in [0.29, 0.717) is 11.4 Å². The van der Waals surface area contributed by atoms with Gasteiger partial charge < -0.3 is 20.3 Å². The van der Waals surface area contributed by atoms with Gasteiger partial charge in [0.15, 0.2) is 5.82 Å². The Morgan fingerprint density at radius 3 is 2.40 bits per heavy atom. The average molecular weight is 368 g/mol. The van der Waals surface area contributed by atoms with Crippen molar-refractivity contribution in [2.45, 2.75) is 24.8 Å². The Labute approximate surface area is 143 Å². The third-order valence-corrected chi connectivity index (χ3v) is 4.38. The minimum absolute atomic E-state index is 0.0435. The summed E-state index contributed by atoms with van der Waals surface area (Å²) in [6, 6.07) is 4.95. The molecule has 4 N–H and O–H groups in total. The van der Waals surface area contributed by atoms with E-state index >= 15 is 0 Å². The molecule has 0 fully saturated rings. The maximum absolute atomic E-state index is 12.2. The van der Waals surface area contributed by atoms with Crippen molar-refractivity contribution in [3.63, 3.8) is 0 Å². The fourth-order valence-electron chi connectivity index (χ4n) is 1.75. The molecule has 0 bridgehead atoms. The van der Waals surface area contributed by atoms with Crippen molar-refractivity contribution in [1.82, 2.24) is 10.5 Å². The molecule has 2 rings (SSSR count). The van der Waals surface area contributed by atoms with Crippen LogP contribution in [0.4, 0.5) is 16.3 Å². The molecule has 0 aliphatic rings. The van der Waals surface area contributed by atoms with E-state index in [4.69, 9.17) is 9.63 Å². The second kappa shape index (κ2) is 7.21. The molecular formula is C14H16N4O6S. The van der Waals surface area contributed by atoms with E-state index < -0.39 is 28.1 Å². The van der Waals surface area contributed by atoms with Crippen LogP contribution in [0.2, 0.25) is 0 Å². The van der Waals surface area contributed by atoms with Crippen LogP contribution in [0.25, 0.3) is 0 Å². The highest BCUT2D eigenvalue weighted by atomic mass is 32.2. The van der Waals surface area contributed by atoms with Crippen molar-refractivity contribution in [1.29, 1.82) is 0 Å². The Kier molecular flexibility index (Phi) is 5.27. The Bertz CT molecular complexity index is 875. The molecule has 11 heteroatoms. The second-order valence-electron chi connectivity index (χ2n) is 5.11. The number of anilines is 2. The molecule has 1 atom stereocenters. The molecule has 25 heavy (non-hydrogen) atoms. The Hall–Kier alpha value is -3.08. The van der Waals surface area contributed by atoms with Crippen LogP contribution >= 0.6 is 0 Å². The van der Waals surface area contributed by atoms with Crippen LogP contribution in [-0.4, -0.2) is 36.7 Å². The number of nitrogens with zero attached hydrogens (tertiary/aromatic N) is 1. The number of benzene rings is 1. The summed E-state index contributed by atoms with van der Waals surface area (Å²) in [5, 5.41) is 16.9. The van der Waals surface area contributed by atoms with E-state index in [1.807, 2.05) is 0 Å². The number of carbonyl (C=O) groups is 2. The van der Waals surface area contributed by atoms with Gasteiger partial charge in [0.2, 0.25) is 0 Å². The lowest BCUT2D eigenvalue weighted by atomic mass is 10.3. The topological polar surface area (TPSA) is 151 Å². The van der Waals surface area contributed by atoms with Gasteiger partial charge in [-0.2, -0.15) is 0 Å². The summed E-state index contributed by atoms with van der Waals surface area (Å²) in [5.41, 5.74) is 0.298. The van der Waals surface area contributed by atoms with Gasteiger partial charge >= 0.3 is 12.0 Å². The number of amides is 2. The predicted molar refractivity (Wildman–Crippen MR) is 87.7 cm³/mol. The highest BCUT2D eigenvalue weighted by Crippen LogP contribution is 2.18. The van der Waals surface area contributed by atoms with Crippen LogP contribution in [0.3, 0.4) is 0 Å². The number of aryl methyl sites for hydroxylation is 1. The van der Waals surface area contributed by atoms with Crippen molar-refractivity contribution < 1.29 is 27.6 Å². The van der Waals surface area contributed by atoms with Gasteiger partial charge in [0.1, 0.15) is 11.8 Å². The van der Waals surface area contributed by atoms with Gasteiger partial charge in [-0.3, -0.25) is 9.52 Å². The first-order valence-electron chi connectivity index (χ1n) is 7.04. The standard InChI is InChI=1S/C14H16N4O6S/c1-8-7-12(17-24-8)18-25(22,23)11-5-3-10(4-6-11)16-14(21)15-9(2)13(19)20/h3-7,9H,1-2H3,(H,17,18)(H,19,20)(H2,15,16,21). The molecular weight excluding hydrogens is 352 g/mol. The van der Waals surface area contributed by atoms with Crippen molar-refractivity contribution >= 4 is 33.5 Å². The molecule has 2 amide bonds. The first-order chi connectivity index (χ1) is 11.7. The molecule has 0 aliphatic heterocycles. The molecule has 0 radical (unpaired) electrons. The van der Waals surface area contributed by atoms with E-state index in [1.54, 1.807) is 6.92 Å². The molecule has 0 saturated carbocycles. The van der Waals surface area contributed by atoms with E-state index in [1.165, 1.54) is 37.3 Å². The molecule has 10 nitrogen and oxygen atoms in total. The van der Waals surface area contributed by atoms with E-state index in [0.717, 1.165) is 0 Å². The normalized spacial score (nSPS) is 12.2. The van der Waals surface area contributed by atoms with E-state index in [9.17, 15) is 18.0 Å². The summed E-state index contributed by atoms with van der Waals surface area (Å²) in [7, 11) is -3.85. The van der Waals surface area contributed by atoms with Crippen LogP contribution in [0.1, 0.15) is 12.7 Å². The maximum Gasteiger partial charge on any atom is 0.325 e. The fraction of sp³-hybridized carbons (Fsp3) is 0.214. The number of hydrogen-bond acceptors (Lipinski definition) is 6.